The minimum atomic E-state index is -4.57. The van der Waals surface area contributed by atoms with E-state index in [4.69, 9.17) is 5.73 Å². The maximum absolute atomic E-state index is 13.5. The molecule has 3 aromatic carbocycles. The number of halogens is 3. The number of carbonyl (C=O) groups is 1. The van der Waals surface area contributed by atoms with Crippen molar-refractivity contribution >= 4 is 34.2 Å². The minimum absolute atomic E-state index is 0.0771. The molecule has 4 aromatic rings. The van der Waals surface area contributed by atoms with Crippen LogP contribution in [0, 0.1) is 0 Å². The number of nitrogens with zero attached hydrogens (tertiary/aromatic N) is 1. The van der Waals surface area contributed by atoms with Crippen molar-refractivity contribution in [3.8, 4) is 11.1 Å². The van der Waals surface area contributed by atoms with Crippen LogP contribution >= 0.6 is 11.8 Å². The number of hydrogen-bond acceptors (Lipinski definition) is 4. The Balaban J connectivity index is 1.80. The Kier molecular flexibility index (Phi) is 5.59. The van der Waals surface area contributed by atoms with Crippen LogP contribution in [0.5, 0.6) is 0 Å². The number of carboxylic acids is 1. The predicted octanol–water partition coefficient (Wildman–Crippen LogP) is 5.59. The third kappa shape index (κ3) is 3.95. The number of aromatic nitrogens is 1. The van der Waals surface area contributed by atoms with Crippen molar-refractivity contribution < 1.29 is 23.1 Å². The van der Waals surface area contributed by atoms with Crippen molar-refractivity contribution in [2.45, 2.75) is 23.7 Å². The summed E-state index contributed by atoms with van der Waals surface area (Å²) in [6.07, 6.45) is -4.37. The molecule has 0 saturated heterocycles. The Morgan fingerprint density at radius 2 is 1.80 bits per heavy atom. The summed E-state index contributed by atoms with van der Waals surface area (Å²) in [5.74, 6) is -1.12. The Bertz CT molecular complexity index is 1540. The zero-order chi connectivity index (χ0) is 24.9. The molecule has 5 rings (SSSR count). The van der Waals surface area contributed by atoms with Gasteiger partial charge >= 0.3 is 12.1 Å². The Hall–Kier alpha value is -3.72. The summed E-state index contributed by atoms with van der Waals surface area (Å²) in [6.45, 7) is 0. The number of thioether (sulfide) groups is 1. The molecule has 2 heterocycles. The molecule has 0 radical (unpaired) electrons. The third-order valence-electron chi connectivity index (χ3n) is 6.21. The summed E-state index contributed by atoms with van der Waals surface area (Å²) in [4.78, 5) is 25.1. The number of fused-ring (bicyclic) bond motifs is 2. The van der Waals surface area contributed by atoms with Gasteiger partial charge in [0.05, 0.1) is 10.6 Å². The molecule has 0 bridgehead atoms. The van der Waals surface area contributed by atoms with Crippen molar-refractivity contribution in [3.05, 3.63) is 93.8 Å². The first kappa shape index (κ1) is 23.0. The fourth-order valence-corrected chi connectivity index (χ4v) is 5.89. The van der Waals surface area contributed by atoms with Crippen LogP contribution in [0.15, 0.2) is 76.6 Å². The van der Waals surface area contributed by atoms with E-state index in [9.17, 15) is 27.9 Å². The van der Waals surface area contributed by atoms with Crippen molar-refractivity contribution in [3.63, 3.8) is 0 Å². The van der Waals surface area contributed by atoms with Crippen molar-refractivity contribution in [2.24, 2.45) is 0 Å². The quantitative estimate of drug-likeness (QED) is 0.385. The maximum Gasteiger partial charge on any atom is 0.416 e. The molecule has 3 N–H and O–H groups in total. The van der Waals surface area contributed by atoms with Crippen LogP contribution in [0.3, 0.4) is 0 Å². The number of alkyl halides is 3. The maximum atomic E-state index is 13.5. The molecule has 1 aliphatic heterocycles. The summed E-state index contributed by atoms with van der Waals surface area (Å²) in [5.41, 5.74) is 6.48. The molecule has 178 valence electrons. The molecule has 0 amide bonds. The number of nitrogen functional groups attached to an aromatic ring is 1. The van der Waals surface area contributed by atoms with Gasteiger partial charge in [-0.2, -0.15) is 13.2 Å². The number of rotatable bonds is 4. The topological polar surface area (TPSA) is 85.3 Å². The number of carboxylic acid groups (broad SMARTS) is 1. The number of pyridine rings is 1. The standard InChI is InChI=1S/C26H19F3N2O3S/c27-26(28,29)17-9-4-8-16(11-17)21-19(12-15-7-3-6-14-5-1-2-10-18(14)15)22(30)23(32)31-20(25(33)34)13-35-24(21)31/h1-11,20H,12-13,30H2,(H,33,34)/t20-/m1/s1. The molecular formula is C26H19F3N2O3S. The highest BCUT2D eigenvalue weighted by Crippen LogP contribution is 2.44. The summed E-state index contributed by atoms with van der Waals surface area (Å²) < 4.78 is 41.7. The van der Waals surface area contributed by atoms with Gasteiger partial charge in [-0.15, -0.1) is 11.8 Å². The molecule has 1 aromatic heterocycles. The van der Waals surface area contributed by atoms with Gasteiger partial charge in [0.2, 0.25) is 0 Å². The van der Waals surface area contributed by atoms with Crippen LogP contribution in [-0.4, -0.2) is 21.4 Å². The van der Waals surface area contributed by atoms with E-state index >= 15 is 0 Å². The number of anilines is 1. The van der Waals surface area contributed by atoms with Crippen LogP contribution in [-0.2, 0) is 17.4 Å². The van der Waals surface area contributed by atoms with Gasteiger partial charge in [-0.25, -0.2) is 4.79 Å². The van der Waals surface area contributed by atoms with Crippen molar-refractivity contribution in [2.75, 3.05) is 11.5 Å². The lowest BCUT2D eigenvalue weighted by atomic mass is 9.92. The fraction of sp³-hybridized carbons (Fsp3) is 0.154. The average Bonchev–Trinajstić information content (AvgIpc) is 3.27. The molecule has 0 unspecified atom stereocenters. The van der Waals surface area contributed by atoms with Gasteiger partial charge in [-0.3, -0.25) is 9.36 Å². The van der Waals surface area contributed by atoms with Crippen LogP contribution in [0.1, 0.15) is 22.7 Å². The van der Waals surface area contributed by atoms with Gasteiger partial charge in [0.25, 0.3) is 5.56 Å². The molecular weight excluding hydrogens is 477 g/mol. The molecule has 35 heavy (non-hydrogen) atoms. The summed E-state index contributed by atoms with van der Waals surface area (Å²) >= 11 is 1.14. The molecule has 0 saturated carbocycles. The highest BCUT2D eigenvalue weighted by atomic mass is 32.2. The minimum Gasteiger partial charge on any atom is -0.480 e. The zero-order valence-corrected chi connectivity index (χ0v) is 19.0. The first-order valence-electron chi connectivity index (χ1n) is 10.7. The SMILES string of the molecule is Nc1c(Cc2cccc3ccccc23)c(-c2cccc(C(F)(F)F)c2)c2n(c1=O)[C@@H](C(=O)O)CS2. The number of hydrogen-bond donors (Lipinski definition) is 2. The molecule has 1 aliphatic rings. The van der Waals surface area contributed by atoms with E-state index in [0.29, 0.717) is 16.2 Å². The largest absolute Gasteiger partial charge is 0.480 e. The van der Waals surface area contributed by atoms with Gasteiger partial charge in [0.15, 0.2) is 0 Å². The van der Waals surface area contributed by atoms with E-state index in [2.05, 4.69) is 0 Å². The second-order valence-electron chi connectivity index (χ2n) is 8.31. The third-order valence-corrected chi connectivity index (χ3v) is 7.37. The second-order valence-corrected chi connectivity index (χ2v) is 9.31. The van der Waals surface area contributed by atoms with Gasteiger partial charge in [0.1, 0.15) is 11.7 Å². The summed E-state index contributed by atoms with van der Waals surface area (Å²) in [7, 11) is 0. The first-order chi connectivity index (χ1) is 16.7. The van der Waals surface area contributed by atoms with Crippen molar-refractivity contribution in [1.82, 2.24) is 4.57 Å². The molecule has 0 spiro atoms. The highest BCUT2D eigenvalue weighted by Gasteiger charge is 2.36. The van der Waals surface area contributed by atoms with Crippen LogP contribution in [0.2, 0.25) is 0 Å². The smallest absolute Gasteiger partial charge is 0.416 e. The molecule has 5 nitrogen and oxygen atoms in total. The van der Waals surface area contributed by atoms with Gasteiger partial charge in [-0.05, 0) is 39.6 Å². The van der Waals surface area contributed by atoms with Crippen LogP contribution in [0.25, 0.3) is 21.9 Å². The zero-order valence-electron chi connectivity index (χ0n) is 18.2. The Morgan fingerprint density at radius 3 is 2.54 bits per heavy atom. The first-order valence-corrected chi connectivity index (χ1v) is 11.7. The molecule has 9 heteroatoms. The highest BCUT2D eigenvalue weighted by molar-refractivity contribution is 7.99. The van der Waals surface area contributed by atoms with E-state index in [1.54, 1.807) is 0 Å². The summed E-state index contributed by atoms with van der Waals surface area (Å²) in [6, 6.07) is 17.0. The number of aliphatic carboxylic acids is 1. The van der Waals surface area contributed by atoms with E-state index in [-0.39, 0.29) is 23.4 Å². The van der Waals surface area contributed by atoms with E-state index in [0.717, 1.165) is 44.8 Å². The van der Waals surface area contributed by atoms with E-state index in [1.807, 2.05) is 42.5 Å². The Morgan fingerprint density at radius 1 is 1.09 bits per heavy atom. The van der Waals surface area contributed by atoms with Gasteiger partial charge < -0.3 is 10.8 Å². The van der Waals surface area contributed by atoms with E-state index < -0.39 is 29.3 Å². The Labute approximate surface area is 202 Å². The van der Waals surface area contributed by atoms with Gasteiger partial charge in [0, 0.05) is 17.7 Å². The number of benzene rings is 3. The summed E-state index contributed by atoms with van der Waals surface area (Å²) in [5, 5.41) is 11.9. The number of nitrogens with two attached hydrogens (primary N) is 1. The molecule has 1 atom stereocenters. The van der Waals surface area contributed by atoms with E-state index in [1.165, 1.54) is 12.1 Å². The second kappa shape index (κ2) is 8.49. The lowest BCUT2D eigenvalue weighted by molar-refractivity contribution is -0.140. The normalized spacial score (nSPS) is 15.3. The predicted molar refractivity (Wildman–Crippen MR) is 130 cm³/mol. The molecule has 0 aliphatic carbocycles. The lowest BCUT2D eigenvalue weighted by Crippen LogP contribution is -2.31. The fourth-order valence-electron chi connectivity index (χ4n) is 4.54. The van der Waals surface area contributed by atoms with Crippen molar-refractivity contribution in [1.29, 1.82) is 0 Å². The molecule has 0 fully saturated rings. The monoisotopic (exact) mass is 496 g/mol. The van der Waals surface area contributed by atoms with Crippen LogP contribution in [0.4, 0.5) is 18.9 Å². The van der Waals surface area contributed by atoms with Gasteiger partial charge in [-0.1, -0.05) is 54.6 Å². The lowest BCUT2D eigenvalue weighted by Gasteiger charge is -2.20. The van der Waals surface area contributed by atoms with Crippen LogP contribution < -0.4 is 11.3 Å². The average molecular weight is 497 g/mol.